The highest BCUT2D eigenvalue weighted by molar-refractivity contribution is 6.34. The third-order valence-electron chi connectivity index (χ3n) is 7.05. The summed E-state index contributed by atoms with van der Waals surface area (Å²) in [4.78, 5) is 16.2. The van der Waals surface area contributed by atoms with Gasteiger partial charge in [0.1, 0.15) is 10.7 Å². The molecule has 1 saturated carbocycles. The normalized spacial score (nSPS) is 20.9. The predicted octanol–water partition coefficient (Wildman–Crippen LogP) is 3.86. The summed E-state index contributed by atoms with van der Waals surface area (Å²) in [6.45, 7) is 3.95. The molecule has 2 fully saturated rings. The van der Waals surface area contributed by atoms with Crippen molar-refractivity contribution in [2.75, 3.05) is 25.1 Å². The van der Waals surface area contributed by atoms with Gasteiger partial charge in [-0.25, -0.2) is 15.0 Å². The van der Waals surface area contributed by atoms with Gasteiger partial charge < -0.3 is 15.4 Å². The Bertz CT molecular complexity index is 1090. The van der Waals surface area contributed by atoms with E-state index in [1.165, 1.54) is 12.8 Å². The van der Waals surface area contributed by atoms with Crippen LogP contribution in [0.5, 0.6) is 5.88 Å². The van der Waals surface area contributed by atoms with Crippen molar-refractivity contribution in [1.29, 1.82) is 0 Å². The quantitative estimate of drug-likeness (QED) is 0.684. The zero-order valence-electron chi connectivity index (χ0n) is 17.4. The number of nitrogens with two attached hydrogens (primary N) is 1. The van der Waals surface area contributed by atoms with Crippen LogP contribution in [0, 0.1) is 12.3 Å². The molecule has 3 aromatic heterocycles. The Morgan fingerprint density at radius 1 is 1.20 bits per heavy atom. The van der Waals surface area contributed by atoms with Crippen molar-refractivity contribution in [2.24, 2.45) is 11.1 Å². The van der Waals surface area contributed by atoms with Crippen LogP contribution in [-0.2, 0) is 0 Å². The number of rotatable bonds is 3. The molecule has 0 amide bonds. The van der Waals surface area contributed by atoms with E-state index in [4.69, 9.17) is 27.1 Å². The van der Waals surface area contributed by atoms with Crippen LogP contribution in [0.15, 0.2) is 24.7 Å². The molecule has 1 aliphatic heterocycles. The van der Waals surface area contributed by atoms with E-state index in [1.807, 2.05) is 25.4 Å². The lowest BCUT2D eigenvalue weighted by molar-refractivity contribution is 0.197. The summed E-state index contributed by atoms with van der Waals surface area (Å²) in [5, 5.41) is 0.470. The number of aryl methyl sites for hydroxylation is 1. The molecular weight excluding hydrogens is 400 g/mol. The largest absolute Gasteiger partial charge is 0.480 e. The van der Waals surface area contributed by atoms with Crippen molar-refractivity contribution in [3.05, 3.63) is 35.4 Å². The molecule has 2 N–H and O–H groups in total. The summed E-state index contributed by atoms with van der Waals surface area (Å²) in [6.07, 6.45) is 11.4. The number of ether oxygens (including phenoxy) is 1. The van der Waals surface area contributed by atoms with Crippen molar-refractivity contribution < 1.29 is 4.74 Å². The summed E-state index contributed by atoms with van der Waals surface area (Å²) in [7, 11) is 1.57. The number of fused-ring (bicyclic) bond motifs is 1. The van der Waals surface area contributed by atoms with Gasteiger partial charge in [0.25, 0.3) is 0 Å². The van der Waals surface area contributed by atoms with Crippen LogP contribution in [0.2, 0.25) is 5.02 Å². The Morgan fingerprint density at radius 2 is 2.00 bits per heavy atom. The molecule has 1 aliphatic carbocycles. The van der Waals surface area contributed by atoms with Crippen LogP contribution < -0.4 is 15.4 Å². The number of hydrogen-bond acceptors (Lipinski definition) is 6. The van der Waals surface area contributed by atoms with Gasteiger partial charge in [0.15, 0.2) is 0 Å². The first kappa shape index (κ1) is 19.6. The van der Waals surface area contributed by atoms with E-state index in [-0.39, 0.29) is 0 Å². The fraction of sp³-hybridized carbons (Fsp3) is 0.500. The van der Waals surface area contributed by atoms with Crippen LogP contribution in [0.1, 0.15) is 37.8 Å². The Morgan fingerprint density at radius 3 is 2.70 bits per heavy atom. The van der Waals surface area contributed by atoms with Crippen molar-refractivity contribution in [3.63, 3.8) is 0 Å². The Hall–Kier alpha value is -2.38. The molecule has 8 heteroatoms. The average molecular weight is 427 g/mol. The number of imidazole rings is 1. The van der Waals surface area contributed by atoms with Gasteiger partial charge in [-0.2, -0.15) is 0 Å². The van der Waals surface area contributed by atoms with Crippen LogP contribution in [0.4, 0.5) is 5.95 Å². The zero-order valence-corrected chi connectivity index (χ0v) is 18.2. The van der Waals surface area contributed by atoms with Crippen molar-refractivity contribution in [1.82, 2.24) is 19.4 Å². The summed E-state index contributed by atoms with van der Waals surface area (Å²) in [5.74, 6) is 1.33. The van der Waals surface area contributed by atoms with Gasteiger partial charge in [0.2, 0.25) is 11.8 Å². The standard InChI is InChI=1S/C22H27ClN6O/c1-14-17(15-5-9-26-20(30-2)18(15)23)19-25-10-13-29(19)21(27-14)28-11-7-22(8-12-28)6-3-4-16(22)24/h5,9-10,13,16H,3-4,6-8,11-12,24H2,1-2H3/t16-/m1/s1. The van der Waals surface area contributed by atoms with E-state index in [0.29, 0.717) is 22.4 Å². The lowest BCUT2D eigenvalue weighted by Gasteiger charge is -2.42. The monoisotopic (exact) mass is 426 g/mol. The first-order valence-corrected chi connectivity index (χ1v) is 10.9. The average Bonchev–Trinajstić information content (AvgIpc) is 3.37. The summed E-state index contributed by atoms with van der Waals surface area (Å²) in [6, 6.07) is 2.23. The van der Waals surface area contributed by atoms with E-state index < -0.39 is 0 Å². The SMILES string of the molecule is COc1nccc(-c2c(C)nc(N3CCC4(CCC[C@H]4N)CC3)n3ccnc23)c1Cl. The number of hydrogen-bond donors (Lipinski definition) is 1. The maximum atomic E-state index is 6.58. The summed E-state index contributed by atoms with van der Waals surface area (Å²) in [5.41, 5.74) is 10.2. The highest BCUT2D eigenvalue weighted by Gasteiger charge is 2.43. The molecule has 7 nitrogen and oxygen atoms in total. The molecule has 2 aliphatic rings. The van der Waals surface area contributed by atoms with E-state index in [0.717, 1.165) is 60.8 Å². The molecule has 5 rings (SSSR count). The molecule has 1 saturated heterocycles. The second-order valence-electron chi connectivity index (χ2n) is 8.52. The molecule has 1 spiro atoms. The van der Waals surface area contributed by atoms with Crippen LogP contribution in [0.3, 0.4) is 0 Å². The van der Waals surface area contributed by atoms with E-state index in [9.17, 15) is 0 Å². The summed E-state index contributed by atoms with van der Waals surface area (Å²) >= 11 is 6.58. The molecule has 0 radical (unpaired) electrons. The molecular formula is C22H27ClN6O. The molecule has 1 atom stereocenters. The maximum absolute atomic E-state index is 6.58. The first-order valence-electron chi connectivity index (χ1n) is 10.6. The summed E-state index contributed by atoms with van der Waals surface area (Å²) < 4.78 is 7.37. The molecule has 0 aromatic carbocycles. The van der Waals surface area contributed by atoms with E-state index >= 15 is 0 Å². The molecule has 0 unspecified atom stereocenters. The number of piperidine rings is 1. The van der Waals surface area contributed by atoms with Gasteiger partial charge in [0.05, 0.1) is 12.8 Å². The van der Waals surface area contributed by atoms with Crippen molar-refractivity contribution in [3.8, 4) is 17.0 Å². The third kappa shape index (κ3) is 2.94. The molecule has 3 aromatic rings. The Labute approximate surface area is 181 Å². The number of anilines is 1. The van der Waals surface area contributed by atoms with Crippen molar-refractivity contribution >= 4 is 23.2 Å². The third-order valence-corrected chi connectivity index (χ3v) is 7.41. The van der Waals surface area contributed by atoms with Gasteiger partial charge in [-0.1, -0.05) is 18.0 Å². The fourth-order valence-corrected chi connectivity index (χ4v) is 5.59. The highest BCUT2D eigenvalue weighted by Crippen LogP contribution is 2.46. The van der Waals surface area contributed by atoms with Gasteiger partial charge in [0, 0.05) is 48.8 Å². The van der Waals surface area contributed by atoms with E-state index in [2.05, 4.69) is 19.3 Å². The Kier molecular flexibility index (Phi) is 4.82. The van der Waals surface area contributed by atoms with Gasteiger partial charge in [-0.3, -0.25) is 4.40 Å². The first-order chi connectivity index (χ1) is 14.5. The topological polar surface area (TPSA) is 81.6 Å². The lowest BCUT2D eigenvalue weighted by Crippen LogP contribution is -2.47. The number of nitrogens with zero attached hydrogens (tertiary/aromatic N) is 5. The highest BCUT2D eigenvalue weighted by atomic mass is 35.5. The minimum absolute atomic E-state index is 0.320. The lowest BCUT2D eigenvalue weighted by atomic mass is 9.74. The number of aromatic nitrogens is 4. The second-order valence-corrected chi connectivity index (χ2v) is 8.90. The minimum Gasteiger partial charge on any atom is -0.480 e. The van der Waals surface area contributed by atoms with Crippen LogP contribution in [-0.4, -0.2) is 45.6 Å². The molecule has 0 bridgehead atoms. The molecule has 30 heavy (non-hydrogen) atoms. The zero-order chi connectivity index (χ0) is 20.9. The van der Waals surface area contributed by atoms with Crippen LogP contribution in [0.25, 0.3) is 16.8 Å². The minimum atomic E-state index is 0.320. The second kappa shape index (κ2) is 7.39. The Balaban J connectivity index is 1.54. The van der Waals surface area contributed by atoms with Crippen molar-refractivity contribution in [2.45, 2.75) is 45.1 Å². The smallest absolute Gasteiger partial charge is 0.232 e. The van der Waals surface area contributed by atoms with Gasteiger partial charge in [-0.05, 0) is 44.1 Å². The maximum Gasteiger partial charge on any atom is 0.232 e. The van der Waals surface area contributed by atoms with Gasteiger partial charge >= 0.3 is 0 Å². The molecule has 4 heterocycles. The number of methoxy groups -OCH3 is 1. The van der Waals surface area contributed by atoms with Gasteiger partial charge in [-0.15, -0.1) is 0 Å². The fourth-order valence-electron chi connectivity index (χ4n) is 5.31. The molecule has 158 valence electrons. The van der Waals surface area contributed by atoms with E-state index in [1.54, 1.807) is 13.3 Å². The number of halogens is 1. The predicted molar refractivity (Wildman–Crippen MR) is 118 cm³/mol. The van der Waals surface area contributed by atoms with Crippen LogP contribution >= 0.6 is 11.6 Å². The number of pyridine rings is 1.